The lowest BCUT2D eigenvalue weighted by molar-refractivity contribution is -0.152. The van der Waals surface area contributed by atoms with Gasteiger partial charge in [-0.1, -0.05) is 65.3 Å². The Balaban J connectivity index is 1.66. The van der Waals surface area contributed by atoms with Gasteiger partial charge in [0.15, 0.2) is 5.37 Å². The van der Waals surface area contributed by atoms with E-state index >= 15 is 0 Å². The second-order valence-corrected chi connectivity index (χ2v) is 12.4. The minimum Gasteiger partial charge on any atom is -0.456 e. The van der Waals surface area contributed by atoms with Gasteiger partial charge in [-0.05, 0) is 51.8 Å². The maximum absolute atomic E-state index is 13.5. The van der Waals surface area contributed by atoms with Crippen molar-refractivity contribution in [2.45, 2.75) is 58.7 Å². The third-order valence-corrected chi connectivity index (χ3v) is 8.64. The van der Waals surface area contributed by atoms with Crippen LogP contribution in [-0.4, -0.2) is 53.7 Å². The maximum Gasteiger partial charge on any atom is 0.355 e. The topological polar surface area (TPSA) is 148 Å². The molecule has 1 saturated heterocycles. The summed E-state index contributed by atoms with van der Waals surface area (Å²) in [5, 5.41) is 5.16. The molecule has 0 aliphatic carbocycles. The number of allylic oxidation sites excluding steroid dienone is 1. The Morgan fingerprint density at radius 1 is 1.10 bits per heavy atom. The summed E-state index contributed by atoms with van der Waals surface area (Å²) in [5.74, 6) is -2.33. The molecule has 4 rings (SSSR count). The number of esters is 1. The molecule has 0 saturated carbocycles. The fraction of sp³-hybridized carbons (Fsp3) is 0.310. The minimum absolute atomic E-state index is 0.00738. The van der Waals surface area contributed by atoms with Gasteiger partial charge in [-0.25, -0.2) is 17.9 Å². The van der Waals surface area contributed by atoms with Crippen molar-refractivity contribution in [1.82, 2.24) is 20.1 Å². The van der Waals surface area contributed by atoms with Crippen LogP contribution in [0.25, 0.3) is 11.3 Å². The quantitative estimate of drug-likeness (QED) is 0.198. The summed E-state index contributed by atoms with van der Waals surface area (Å²) in [6, 6.07) is 13.5. The Bertz CT molecular complexity index is 1650. The summed E-state index contributed by atoms with van der Waals surface area (Å²) < 4.78 is 40.2. The summed E-state index contributed by atoms with van der Waals surface area (Å²) in [6.45, 7) is 7.78. The van der Waals surface area contributed by atoms with Crippen LogP contribution in [-0.2, 0) is 31.0 Å². The van der Waals surface area contributed by atoms with Crippen LogP contribution in [0.15, 0.2) is 70.4 Å². The molecule has 0 radical (unpaired) electrons. The lowest BCUT2D eigenvalue weighted by Crippen LogP contribution is -2.74. The predicted molar refractivity (Wildman–Crippen MR) is 155 cm³/mol. The molecule has 2 N–H and O–H groups in total. The third-order valence-electron chi connectivity index (χ3n) is 6.39. The summed E-state index contributed by atoms with van der Waals surface area (Å²) in [4.78, 5) is 41.2. The van der Waals surface area contributed by atoms with E-state index in [0.29, 0.717) is 21.7 Å². The highest BCUT2D eigenvalue weighted by molar-refractivity contribution is 7.90. The number of hydrogen-bond acceptors (Lipinski definition) is 8. The molecule has 2 atom stereocenters. The van der Waals surface area contributed by atoms with Gasteiger partial charge in [-0.2, -0.15) is 0 Å². The van der Waals surface area contributed by atoms with Crippen molar-refractivity contribution in [3.8, 4) is 11.3 Å². The van der Waals surface area contributed by atoms with E-state index in [0.717, 1.165) is 4.90 Å². The SMILES string of the molecule is CC(C)=C(C(=O)OCc1ccccc1)N1C(=O)C(NC(=O)c2c(-c3ccccc3Cl)noc2C)C1S(=O)(=O)NC(C)C. The van der Waals surface area contributed by atoms with E-state index in [1.807, 2.05) is 6.07 Å². The first kappa shape index (κ1) is 30.9. The van der Waals surface area contributed by atoms with Crippen LogP contribution in [0.4, 0.5) is 0 Å². The molecule has 1 fully saturated rings. The van der Waals surface area contributed by atoms with Gasteiger partial charge < -0.3 is 14.6 Å². The van der Waals surface area contributed by atoms with Crippen molar-refractivity contribution >= 4 is 39.4 Å². The molecule has 11 nitrogen and oxygen atoms in total. The van der Waals surface area contributed by atoms with E-state index in [9.17, 15) is 22.8 Å². The highest BCUT2D eigenvalue weighted by Crippen LogP contribution is 2.34. The number of β-lactam (4-membered cyclic amide) rings is 1. The van der Waals surface area contributed by atoms with Crippen molar-refractivity contribution in [1.29, 1.82) is 0 Å². The van der Waals surface area contributed by atoms with Crippen LogP contribution in [0.2, 0.25) is 5.02 Å². The van der Waals surface area contributed by atoms with Crippen molar-refractivity contribution in [2.75, 3.05) is 0 Å². The van der Waals surface area contributed by atoms with Crippen LogP contribution in [0.5, 0.6) is 0 Å². The Labute approximate surface area is 248 Å². The second-order valence-electron chi connectivity index (χ2n) is 10.2. The molecule has 1 aliphatic heterocycles. The van der Waals surface area contributed by atoms with Crippen molar-refractivity contribution in [3.05, 3.63) is 87.8 Å². The average molecular weight is 615 g/mol. The highest BCUT2D eigenvalue weighted by atomic mass is 35.5. The number of carbonyl (C=O) groups excluding carboxylic acids is 3. The molecule has 13 heteroatoms. The molecule has 3 aromatic rings. The number of hydrogen-bond donors (Lipinski definition) is 2. The van der Waals surface area contributed by atoms with E-state index in [1.54, 1.807) is 76.2 Å². The molecular weight excluding hydrogens is 584 g/mol. The summed E-state index contributed by atoms with van der Waals surface area (Å²) >= 11 is 6.31. The van der Waals surface area contributed by atoms with Gasteiger partial charge in [0.25, 0.3) is 11.8 Å². The zero-order valence-electron chi connectivity index (χ0n) is 23.7. The molecule has 2 heterocycles. The Kier molecular flexibility index (Phi) is 9.19. The lowest BCUT2D eigenvalue weighted by atomic mass is 10.0. The number of rotatable bonds is 10. The number of ether oxygens (including phenoxy) is 1. The number of nitrogens with zero attached hydrogens (tertiary/aromatic N) is 2. The van der Waals surface area contributed by atoms with Crippen molar-refractivity contribution < 1.29 is 32.1 Å². The van der Waals surface area contributed by atoms with Crippen LogP contribution in [0, 0.1) is 6.92 Å². The monoisotopic (exact) mass is 614 g/mol. The zero-order valence-corrected chi connectivity index (χ0v) is 25.2. The number of amides is 2. The molecule has 2 aromatic carbocycles. The first-order valence-corrected chi connectivity index (χ1v) is 15.0. The minimum atomic E-state index is -4.29. The molecule has 42 heavy (non-hydrogen) atoms. The Hall–Kier alpha value is -4.00. The number of halogens is 1. The number of benzene rings is 2. The van der Waals surface area contributed by atoms with Crippen LogP contribution >= 0.6 is 11.6 Å². The van der Waals surface area contributed by atoms with Gasteiger partial charge >= 0.3 is 5.97 Å². The fourth-order valence-electron chi connectivity index (χ4n) is 4.58. The molecular formula is C29H31ClN4O7S. The van der Waals surface area contributed by atoms with Crippen LogP contribution in [0.1, 0.15) is 49.4 Å². The maximum atomic E-state index is 13.5. The van der Waals surface area contributed by atoms with Gasteiger partial charge in [0, 0.05) is 11.6 Å². The highest BCUT2D eigenvalue weighted by Gasteiger charge is 2.58. The van der Waals surface area contributed by atoms with Gasteiger partial charge in [0.1, 0.15) is 35.4 Å². The third kappa shape index (κ3) is 6.25. The predicted octanol–water partition coefficient (Wildman–Crippen LogP) is 3.94. The smallest absolute Gasteiger partial charge is 0.355 e. The largest absolute Gasteiger partial charge is 0.456 e. The van der Waals surface area contributed by atoms with Gasteiger partial charge in [0.05, 0.1) is 5.02 Å². The van der Waals surface area contributed by atoms with Crippen molar-refractivity contribution in [2.24, 2.45) is 0 Å². The molecule has 1 aliphatic rings. The number of aryl methyl sites for hydroxylation is 1. The number of carbonyl (C=O) groups is 3. The first-order valence-electron chi connectivity index (χ1n) is 13.1. The van der Waals surface area contributed by atoms with Crippen LogP contribution < -0.4 is 10.0 Å². The Morgan fingerprint density at radius 3 is 2.36 bits per heavy atom. The average Bonchev–Trinajstić information content (AvgIpc) is 3.31. The van der Waals surface area contributed by atoms with E-state index in [4.69, 9.17) is 20.9 Å². The van der Waals surface area contributed by atoms with Gasteiger partial charge in [-0.3, -0.25) is 14.5 Å². The first-order chi connectivity index (χ1) is 19.8. The number of nitrogens with one attached hydrogen (secondary N) is 2. The zero-order chi connectivity index (χ0) is 30.8. The number of sulfonamides is 1. The van der Waals surface area contributed by atoms with E-state index in [-0.39, 0.29) is 29.3 Å². The molecule has 2 amide bonds. The normalized spacial score (nSPS) is 16.6. The molecule has 0 spiro atoms. The van der Waals surface area contributed by atoms with E-state index < -0.39 is 45.3 Å². The lowest BCUT2D eigenvalue weighted by Gasteiger charge is -2.46. The summed E-state index contributed by atoms with van der Waals surface area (Å²) in [7, 11) is -4.29. The van der Waals surface area contributed by atoms with E-state index in [1.165, 1.54) is 6.92 Å². The molecule has 0 bridgehead atoms. The molecule has 2 unspecified atom stereocenters. The molecule has 222 valence electrons. The fourth-order valence-corrected chi connectivity index (χ4v) is 6.63. The van der Waals surface area contributed by atoms with E-state index in [2.05, 4.69) is 15.2 Å². The van der Waals surface area contributed by atoms with Gasteiger partial charge in [-0.15, -0.1) is 0 Å². The van der Waals surface area contributed by atoms with Crippen LogP contribution in [0.3, 0.4) is 0 Å². The summed E-state index contributed by atoms with van der Waals surface area (Å²) in [5.41, 5.74) is 1.38. The number of aromatic nitrogens is 1. The van der Waals surface area contributed by atoms with Gasteiger partial charge in [0.2, 0.25) is 10.0 Å². The molecule has 1 aromatic heterocycles. The number of likely N-dealkylation sites (tertiary alicyclic amines) is 1. The van der Waals surface area contributed by atoms with Crippen molar-refractivity contribution in [3.63, 3.8) is 0 Å². The Morgan fingerprint density at radius 2 is 1.74 bits per heavy atom. The standard InChI is InChI=1S/C29H31ClN4O7S/c1-16(2)25(29(37)40-15-19-11-7-6-8-12-19)34-27(36)24(28(34)42(38,39)33-17(3)4)31-26(35)22-18(5)41-32-23(22)20-13-9-10-14-21(20)30/h6-14,17,24,28,33H,15H2,1-5H3,(H,31,35). The second kappa shape index (κ2) is 12.5. The summed E-state index contributed by atoms with van der Waals surface area (Å²) in [6.07, 6.45) is 0.